The Hall–Kier alpha value is -0.160. The molecule has 1 saturated carbocycles. The summed E-state index contributed by atoms with van der Waals surface area (Å²) in [4.78, 5) is 16.4. The third-order valence-corrected chi connectivity index (χ3v) is 6.34. The molecule has 0 bridgehead atoms. The van der Waals surface area contributed by atoms with Crippen molar-refractivity contribution in [2.24, 2.45) is 22.7 Å². The molecule has 2 aliphatic rings. The Labute approximate surface area is 130 Å². The van der Waals surface area contributed by atoms with Crippen molar-refractivity contribution in [2.45, 2.75) is 46.1 Å². The normalized spacial score (nSPS) is 30.4. The van der Waals surface area contributed by atoms with Gasteiger partial charge in [-0.15, -0.1) is 0 Å². The fraction of sp³-hybridized carbons (Fsp3) is 0.867. The van der Waals surface area contributed by atoms with Crippen LogP contribution >= 0.6 is 23.5 Å². The number of rotatable bonds is 4. The number of esters is 1. The molecule has 0 spiro atoms. The minimum absolute atomic E-state index is 0.0741. The fourth-order valence-electron chi connectivity index (χ4n) is 2.98. The highest BCUT2D eigenvalue weighted by atomic mass is 32.2. The van der Waals surface area contributed by atoms with E-state index in [9.17, 15) is 4.79 Å². The molecular formula is C15H25NO2S2. The van der Waals surface area contributed by atoms with Crippen LogP contribution in [0.1, 0.15) is 40.0 Å². The summed E-state index contributed by atoms with van der Waals surface area (Å²) in [5, 5.41) is 0. The molecule has 1 aliphatic heterocycles. The molecule has 0 radical (unpaired) electrons. The van der Waals surface area contributed by atoms with Crippen molar-refractivity contribution < 1.29 is 9.53 Å². The average Bonchev–Trinajstić information content (AvgIpc) is 2.89. The Morgan fingerprint density at radius 2 is 2.30 bits per heavy atom. The maximum atomic E-state index is 12.0. The number of hydrogen-bond acceptors (Lipinski definition) is 5. The monoisotopic (exact) mass is 315 g/mol. The molecule has 3 nitrogen and oxygen atoms in total. The van der Waals surface area contributed by atoms with Crippen molar-refractivity contribution in [1.82, 2.24) is 0 Å². The van der Waals surface area contributed by atoms with E-state index in [1.54, 1.807) is 11.8 Å². The first kappa shape index (κ1) is 16.2. The van der Waals surface area contributed by atoms with E-state index in [2.05, 4.69) is 25.8 Å². The molecule has 1 aliphatic carbocycles. The van der Waals surface area contributed by atoms with Gasteiger partial charge >= 0.3 is 5.97 Å². The predicted molar refractivity (Wildman–Crippen MR) is 88.4 cm³/mol. The molecule has 0 unspecified atom stereocenters. The van der Waals surface area contributed by atoms with Gasteiger partial charge in [0.15, 0.2) is 0 Å². The Kier molecular flexibility index (Phi) is 6.27. The van der Waals surface area contributed by atoms with Crippen molar-refractivity contribution in [3.63, 3.8) is 0 Å². The minimum Gasteiger partial charge on any atom is -0.461 e. The number of nitrogens with zero attached hydrogens (tertiary/aromatic N) is 1. The standard InChI is InChI=1S/C15H25NO2S2/c1-10(2)12-5-4-11(3)8-13(12)18-14(17)9-20-15-16-6-7-19-15/h10-13H,4-9H2,1-3H3/t11-,12-,13-/m1/s1. The van der Waals surface area contributed by atoms with Crippen molar-refractivity contribution in [2.75, 3.05) is 18.1 Å². The zero-order valence-corrected chi connectivity index (χ0v) is 14.3. The molecule has 0 N–H and O–H groups in total. The highest BCUT2D eigenvalue weighted by Crippen LogP contribution is 2.35. The first-order chi connectivity index (χ1) is 9.56. The quantitative estimate of drug-likeness (QED) is 0.739. The summed E-state index contributed by atoms with van der Waals surface area (Å²) >= 11 is 3.27. The molecule has 0 aromatic heterocycles. The Balaban J connectivity index is 1.80. The lowest BCUT2D eigenvalue weighted by molar-refractivity contribution is -0.152. The molecule has 2 rings (SSSR count). The summed E-state index contributed by atoms with van der Waals surface area (Å²) < 4.78 is 6.81. The predicted octanol–water partition coefficient (Wildman–Crippen LogP) is 3.83. The van der Waals surface area contributed by atoms with E-state index in [-0.39, 0.29) is 12.1 Å². The van der Waals surface area contributed by atoms with Crippen LogP contribution in [0.4, 0.5) is 0 Å². The summed E-state index contributed by atoms with van der Waals surface area (Å²) in [6.07, 6.45) is 3.59. The van der Waals surface area contributed by atoms with Crippen LogP contribution in [0.25, 0.3) is 0 Å². The molecule has 1 heterocycles. The Bertz CT molecular complexity index is 371. The van der Waals surface area contributed by atoms with E-state index < -0.39 is 0 Å². The lowest BCUT2D eigenvalue weighted by Crippen LogP contribution is -2.36. The van der Waals surface area contributed by atoms with Crippen LogP contribution in [0.15, 0.2) is 4.99 Å². The van der Waals surface area contributed by atoms with Crippen molar-refractivity contribution in [3.05, 3.63) is 0 Å². The Morgan fingerprint density at radius 1 is 1.50 bits per heavy atom. The fourth-order valence-corrected chi connectivity index (χ4v) is 4.77. The largest absolute Gasteiger partial charge is 0.461 e. The topological polar surface area (TPSA) is 38.7 Å². The summed E-state index contributed by atoms with van der Waals surface area (Å²) in [5.74, 6) is 3.16. The average molecular weight is 316 g/mol. The minimum atomic E-state index is -0.0741. The van der Waals surface area contributed by atoms with Gasteiger partial charge in [0.05, 0.1) is 12.3 Å². The number of hydrogen-bond donors (Lipinski definition) is 0. The smallest absolute Gasteiger partial charge is 0.316 e. The number of carbonyl (C=O) groups is 1. The van der Waals surface area contributed by atoms with E-state index in [0.29, 0.717) is 23.5 Å². The van der Waals surface area contributed by atoms with Crippen LogP contribution in [-0.2, 0) is 9.53 Å². The van der Waals surface area contributed by atoms with Gasteiger partial charge in [-0.3, -0.25) is 9.79 Å². The maximum absolute atomic E-state index is 12.0. The molecule has 0 aromatic rings. The van der Waals surface area contributed by atoms with E-state index in [1.165, 1.54) is 24.6 Å². The second kappa shape index (κ2) is 7.74. The van der Waals surface area contributed by atoms with Gasteiger partial charge in [0.1, 0.15) is 10.5 Å². The molecule has 20 heavy (non-hydrogen) atoms. The molecule has 5 heteroatoms. The van der Waals surface area contributed by atoms with Crippen LogP contribution in [0.2, 0.25) is 0 Å². The first-order valence-electron chi connectivity index (χ1n) is 7.55. The van der Waals surface area contributed by atoms with E-state index in [0.717, 1.165) is 23.1 Å². The summed E-state index contributed by atoms with van der Waals surface area (Å²) in [6, 6.07) is 0. The van der Waals surface area contributed by atoms with Crippen LogP contribution in [0, 0.1) is 17.8 Å². The number of carbonyl (C=O) groups excluding carboxylic acids is 1. The molecule has 0 saturated heterocycles. The number of thioether (sulfide) groups is 2. The first-order valence-corrected chi connectivity index (χ1v) is 9.53. The van der Waals surface area contributed by atoms with Crippen molar-refractivity contribution in [1.29, 1.82) is 0 Å². The highest BCUT2D eigenvalue weighted by Gasteiger charge is 2.33. The van der Waals surface area contributed by atoms with Crippen LogP contribution in [-0.4, -0.2) is 34.5 Å². The Morgan fingerprint density at radius 3 is 2.95 bits per heavy atom. The van der Waals surface area contributed by atoms with Gasteiger partial charge in [-0.2, -0.15) is 0 Å². The summed E-state index contributed by atoms with van der Waals surface area (Å²) in [5.41, 5.74) is 0. The third kappa shape index (κ3) is 4.69. The van der Waals surface area contributed by atoms with Crippen LogP contribution in [0.5, 0.6) is 0 Å². The lowest BCUT2D eigenvalue weighted by atomic mass is 9.75. The molecule has 0 amide bonds. The molecular weight excluding hydrogens is 290 g/mol. The summed E-state index contributed by atoms with van der Waals surface area (Å²) in [6.45, 7) is 7.62. The second-order valence-electron chi connectivity index (χ2n) is 6.14. The molecule has 3 atom stereocenters. The number of aliphatic imine (C=N–C) groups is 1. The van der Waals surface area contributed by atoms with Gasteiger partial charge in [-0.25, -0.2) is 0 Å². The molecule has 114 valence electrons. The zero-order chi connectivity index (χ0) is 14.5. The number of ether oxygens (including phenoxy) is 1. The third-order valence-electron chi connectivity index (χ3n) is 4.12. The van der Waals surface area contributed by atoms with E-state index in [4.69, 9.17) is 4.74 Å². The van der Waals surface area contributed by atoms with Crippen molar-refractivity contribution >= 4 is 33.9 Å². The van der Waals surface area contributed by atoms with E-state index >= 15 is 0 Å². The van der Waals surface area contributed by atoms with Gasteiger partial charge in [0, 0.05) is 5.75 Å². The van der Waals surface area contributed by atoms with Gasteiger partial charge in [-0.05, 0) is 30.6 Å². The van der Waals surface area contributed by atoms with Crippen LogP contribution in [0.3, 0.4) is 0 Å². The highest BCUT2D eigenvalue weighted by molar-refractivity contribution is 8.39. The maximum Gasteiger partial charge on any atom is 0.316 e. The van der Waals surface area contributed by atoms with E-state index in [1.807, 2.05) is 0 Å². The van der Waals surface area contributed by atoms with Crippen molar-refractivity contribution in [3.8, 4) is 0 Å². The summed E-state index contributed by atoms with van der Waals surface area (Å²) in [7, 11) is 0. The SMILES string of the molecule is CC(C)[C@H]1CC[C@@H](C)C[C@H]1OC(=O)CSC1=NCCS1. The van der Waals surface area contributed by atoms with Gasteiger partial charge < -0.3 is 4.74 Å². The van der Waals surface area contributed by atoms with Crippen LogP contribution < -0.4 is 0 Å². The second-order valence-corrected chi connectivity index (χ2v) is 8.45. The zero-order valence-electron chi connectivity index (χ0n) is 12.6. The van der Waals surface area contributed by atoms with Gasteiger partial charge in [-0.1, -0.05) is 50.7 Å². The molecule has 1 fully saturated rings. The van der Waals surface area contributed by atoms with Gasteiger partial charge in [0.2, 0.25) is 0 Å². The lowest BCUT2D eigenvalue weighted by Gasteiger charge is -2.36. The van der Waals surface area contributed by atoms with Gasteiger partial charge in [0.25, 0.3) is 0 Å². The molecule has 0 aromatic carbocycles.